The summed E-state index contributed by atoms with van der Waals surface area (Å²) >= 11 is 0. The monoisotopic (exact) mass is 592 g/mol. The van der Waals surface area contributed by atoms with Crippen LogP contribution >= 0.6 is 0 Å². The van der Waals surface area contributed by atoms with Crippen molar-refractivity contribution in [2.45, 2.75) is 115 Å². The summed E-state index contributed by atoms with van der Waals surface area (Å²) in [6.07, 6.45) is 8.58. The number of hydrogen-bond acceptors (Lipinski definition) is 9. The fourth-order valence-electron chi connectivity index (χ4n) is 8.28. The highest BCUT2D eigenvalue weighted by Crippen LogP contribution is 2.47. The highest BCUT2D eigenvalue weighted by atomic mass is 16.5. The number of carbonyl (C=O) groups is 1. The first kappa shape index (κ1) is 28.7. The molecule has 1 spiro atoms. The molecule has 2 aliphatic heterocycles. The van der Waals surface area contributed by atoms with E-state index in [0.717, 1.165) is 69.0 Å². The lowest BCUT2D eigenvalue weighted by Gasteiger charge is -2.37. The third-order valence-corrected chi connectivity index (χ3v) is 10.8. The van der Waals surface area contributed by atoms with Crippen LogP contribution in [0.3, 0.4) is 0 Å². The molecular weight excluding hydrogens is 548 g/mol. The second-order valence-corrected chi connectivity index (χ2v) is 13.7. The minimum Gasteiger partial charge on any atom is -0.471 e. The third-order valence-electron chi connectivity index (χ3n) is 10.8. The van der Waals surface area contributed by atoms with Crippen molar-refractivity contribution in [2.75, 3.05) is 20.3 Å². The molecule has 4 aliphatic rings. The molecule has 43 heavy (non-hydrogen) atoms. The van der Waals surface area contributed by atoms with Gasteiger partial charge in [0.25, 0.3) is 0 Å². The SMILES string of the molecule is C[C@@H]1COC[C@H](n2c(=O)n(C)c3c(O[C@@H](C)[C@@H]4CC[C@H](C)N4C)nc(-c4onc5c4CCC[C@@]54CCCCC4=O)nc32)C1. The van der Waals surface area contributed by atoms with Crippen molar-refractivity contribution in [3.63, 3.8) is 0 Å². The molecule has 11 heteroatoms. The van der Waals surface area contributed by atoms with Crippen LogP contribution in [-0.4, -0.2) is 73.4 Å². The number of imidazole rings is 1. The van der Waals surface area contributed by atoms with Gasteiger partial charge < -0.3 is 14.0 Å². The van der Waals surface area contributed by atoms with Crippen molar-refractivity contribution in [3.05, 3.63) is 21.7 Å². The van der Waals surface area contributed by atoms with E-state index in [4.69, 9.17) is 24.0 Å². The van der Waals surface area contributed by atoms with Crippen LogP contribution in [0.2, 0.25) is 0 Å². The minimum atomic E-state index is -0.570. The summed E-state index contributed by atoms with van der Waals surface area (Å²) in [4.78, 5) is 39.5. The molecule has 7 rings (SSSR count). The number of rotatable bonds is 5. The van der Waals surface area contributed by atoms with Crippen molar-refractivity contribution < 1.29 is 18.8 Å². The van der Waals surface area contributed by atoms with Gasteiger partial charge in [0.15, 0.2) is 11.2 Å². The first-order chi connectivity index (χ1) is 20.7. The molecule has 6 atom stereocenters. The largest absolute Gasteiger partial charge is 0.471 e. The molecule has 3 fully saturated rings. The summed E-state index contributed by atoms with van der Waals surface area (Å²) in [7, 11) is 3.90. The van der Waals surface area contributed by atoms with E-state index < -0.39 is 5.41 Å². The molecule has 1 saturated carbocycles. The Bertz CT molecular complexity index is 1610. The molecule has 3 aromatic heterocycles. The predicted octanol–water partition coefficient (Wildman–Crippen LogP) is 4.35. The van der Waals surface area contributed by atoms with Gasteiger partial charge in [0.1, 0.15) is 17.6 Å². The maximum Gasteiger partial charge on any atom is 0.330 e. The molecule has 0 N–H and O–H groups in total. The van der Waals surface area contributed by atoms with E-state index in [9.17, 15) is 9.59 Å². The maximum atomic E-state index is 13.8. The van der Waals surface area contributed by atoms with Crippen molar-refractivity contribution >= 4 is 16.9 Å². The Morgan fingerprint density at radius 1 is 1.02 bits per heavy atom. The number of fused-ring (bicyclic) bond motifs is 3. The van der Waals surface area contributed by atoms with Gasteiger partial charge in [0, 0.05) is 37.7 Å². The zero-order valence-corrected chi connectivity index (χ0v) is 26.1. The standard InChI is InChI=1S/C32H44N6O5/c1-18-15-21(17-41-16-18)38-29-25(37(5)31(38)40)30(42-20(3)23-12-11-19(2)36(23)4)34-28(33-29)26-22-9-8-14-32(27(22)35-43-26)13-7-6-10-24(32)39/h18-21,23H,6-17H2,1-5H3/t18-,19-,20-,21+,23-,32+/m0/s1. The van der Waals surface area contributed by atoms with Crippen molar-refractivity contribution in [1.82, 2.24) is 29.2 Å². The van der Waals surface area contributed by atoms with Crippen LogP contribution < -0.4 is 10.4 Å². The van der Waals surface area contributed by atoms with E-state index in [1.54, 1.807) is 16.2 Å². The van der Waals surface area contributed by atoms with Gasteiger partial charge in [0.2, 0.25) is 17.5 Å². The van der Waals surface area contributed by atoms with E-state index in [1.807, 2.05) is 0 Å². The molecule has 2 aliphatic carbocycles. The Morgan fingerprint density at radius 3 is 2.58 bits per heavy atom. The van der Waals surface area contributed by atoms with Gasteiger partial charge in [-0.3, -0.25) is 18.8 Å². The Balaban J connectivity index is 1.38. The second-order valence-electron chi connectivity index (χ2n) is 13.7. The molecule has 0 amide bonds. The summed E-state index contributed by atoms with van der Waals surface area (Å²) < 4.78 is 22.0. The number of hydrogen-bond donors (Lipinski definition) is 0. The molecule has 5 heterocycles. The van der Waals surface area contributed by atoms with Crippen LogP contribution in [0.15, 0.2) is 9.32 Å². The number of likely N-dealkylation sites (N-methyl/N-ethyl adjacent to an activating group) is 1. The van der Waals surface area contributed by atoms with Gasteiger partial charge in [-0.15, -0.1) is 0 Å². The number of likely N-dealkylation sites (tertiary alicyclic amines) is 1. The number of aryl methyl sites for hydroxylation is 1. The Morgan fingerprint density at radius 2 is 1.84 bits per heavy atom. The van der Waals surface area contributed by atoms with Gasteiger partial charge in [0.05, 0.1) is 18.1 Å². The van der Waals surface area contributed by atoms with E-state index in [2.05, 4.69) is 37.9 Å². The number of ketones is 1. The number of carbonyl (C=O) groups excluding carboxylic acids is 1. The summed E-state index contributed by atoms with van der Waals surface area (Å²) in [5.74, 6) is 1.79. The minimum absolute atomic E-state index is 0.151. The van der Waals surface area contributed by atoms with Crippen LogP contribution in [-0.2, 0) is 28.4 Å². The number of ether oxygens (including phenoxy) is 2. The highest BCUT2D eigenvalue weighted by molar-refractivity contribution is 5.91. The van der Waals surface area contributed by atoms with Gasteiger partial charge in [-0.2, -0.15) is 4.98 Å². The fourth-order valence-corrected chi connectivity index (χ4v) is 8.28. The normalized spacial score (nSPS) is 30.7. The molecule has 232 valence electrons. The van der Waals surface area contributed by atoms with Gasteiger partial charge >= 0.3 is 5.69 Å². The summed E-state index contributed by atoms with van der Waals surface area (Å²) in [5, 5.41) is 4.54. The number of nitrogens with zero attached hydrogens (tertiary/aromatic N) is 6. The van der Waals surface area contributed by atoms with Crippen LogP contribution in [0.25, 0.3) is 22.7 Å². The van der Waals surface area contributed by atoms with Crippen LogP contribution in [0.5, 0.6) is 5.88 Å². The second kappa shape index (κ2) is 10.8. The summed E-state index contributed by atoms with van der Waals surface area (Å²) in [5.41, 5.74) is 2.03. The summed E-state index contributed by atoms with van der Waals surface area (Å²) in [6.45, 7) is 7.58. The van der Waals surface area contributed by atoms with Gasteiger partial charge in [-0.05, 0) is 78.2 Å². The van der Waals surface area contributed by atoms with Crippen LogP contribution in [0, 0.1) is 5.92 Å². The molecular formula is C32H44N6O5. The predicted molar refractivity (Wildman–Crippen MR) is 160 cm³/mol. The Kier molecular flexibility index (Phi) is 7.23. The average Bonchev–Trinajstić information content (AvgIpc) is 3.65. The smallest absolute Gasteiger partial charge is 0.330 e. The topological polar surface area (TPSA) is 118 Å². The maximum absolute atomic E-state index is 13.8. The first-order valence-electron chi connectivity index (χ1n) is 16.2. The van der Waals surface area contributed by atoms with Crippen LogP contribution in [0.4, 0.5) is 0 Å². The molecule has 0 bridgehead atoms. The molecule has 0 aromatic carbocycles. The zero-order chi connectivity index (χ0) is 30.0. The lowest BCUT2D eigenvalue weighted by atomic mass is 9.64. The molecule has 0 radical (unpaired) electrons. The third kappa shape index (κ3) is 4.56. The lowest BCUT2D eigenvalue weighted by Crippen LogP contribution is -2.41. The van der Waals surface area contributed by atoms with E-state index in [1.165, 1.54) is 0 Å². The van der Waals surface area contributed by atoms with Gasteiger partial charge in [-0.25, -0.2) is 9.78 Å². The average molecular weight is 593 g/mol. The first-order valence-corrected chi connectivity index (χ1v) is 16.2. The lowest BCUT2D eigenvalue weighted by molar-refractivity contribution is -0.127. The van der Waals surface area contributed by atoms with E-state index in [-0.39, 0.29) is 29.7 Å². The van der Waals surface area contributed by atoms with Crippen molar-refractivity contribution in [2.24, 2.45) is 13.0 Å². The van der Waals surface area contributed by atoms with E-state index >= 15 is 0 Å². The number of Topliss-reactive ketones (excluding diaryl/α,β-unsaturated/α-hetero) is 1. The Hall–Kier alpha value is -3.05. The fraction of sp³-hybridized carbons (Fsp3) is 0.719. The molecule has 2 saturated heterocycles. The van der Waals surface area contributed by atoms with Crippen molar-refractivity contribution in [3.8, 4) is 17.5 Å². The highest BCUT2D eigenvalue weighted by Gasteiger charge is 2.48. The Labute approximate surface area is 251 Å². The molecule has 3 aromatic rings. The van der Waals surface area contributed by atoms with Crippen LogP contribution in [0.1, 0.15) is 95.9 Å². The van der Waals surface area contributed by atoms with Gasteiger partial charge in [-0.1, -0.05) is 18.5 Å². The summed E-state index contributed by atoms with van der Waals surface area (Å²) in [6, 6.07) is 0.554. The van der Waals surface area contributed by atoms with Crippen molar-refractivity contribution in [1.29, 1.82) is 0 Å². The molecule has 0 unspecified atom stereocenters. The molecule has 11 nitrogen and oxygen atoms in total. The quantitative estimate of drug-likeness (QED) is 0.426. The van der Waals surface area contributed by atoms with E-state index in [0.29, 0.717) is 60.2 Å². The number of aromatic nitrogens is 5. The zero-order valence-electron chi connectivity index (χ0n) is 26.1.